The van der Waals surface area contributed by atoms with Gasteiger partial charge < -0.3 is 24.9 Å². The number of carbonyl (C=O) groups is 2. The minimum atomic E-state index is 0.00596. The zero-order valence-electron chi connectivity index (χ0n) is 17.7. The average molecular weight is 382 g/mol. The molecule has 7 nitrogen and oxygen atoms in total. The predicted molar refractivity (Wildman–Crippen MR) is 109 cm³/mol. The van der Waals surface area contributed by atoms with Gasteiger partial charge in [0.05, 0.1) is 6.04 Å². The number of rotatable bonds is 7. The van der Waals surface area contributed by atoms with Gasteiger partial charge in [-0.05, 0) is 44.7 Å². The first kappa shape index (κ1) is 21.8. The molecule has 27 heavy (non-hydrogen) atoms. The van der Waals surface area contributed by atoms with Crippen molar-refractivity contribution in [3.05, 3.63) is 0 Å². The minimum absolute atomic E-state index is 0.00596. The van der Waals surface area contributed by atoms with E-state index in [0.29, 0.717) is 19.0 Å². The Bertz CT molecular complexity index is 477. The van der Waals surface area contributed by atoms with Crippen molar-refractivity contribution in [1.29, 1.82) is 0 Å². The van der Waals surface area contributed by atoms with Gasteiger partial charge in [-0.2, -0.15) is 0 Å². The van der Waals surface area contributed by atoms with Crippen molar-refractivity contribution in [2.45, 2.75) is 52.0 Å². The van der Waals surface area contributed by atoms with E-state index in [1.54, 1.807) is 4.90 Å². The molecule has 2 aliphatic heterocycles. The smallest absolute Gasteiger partial charge is 0.319 e. The summed E-state index contributed by atoms with van der Waals surface area (Å²) < 4.78 is 0. The van der Waals surface area contributed by atoms with E-state index in [9.17, 15) is 9.59 Å². The zero-order chi connectivity index (χ0) is 19.8. The van der Waals surface area contributed by atoms with Crippen molar-refractivity contribution < 1.29 is 9.59 Å². The van der Waals surface area contributed by atoms with Gasteiger partial charge in [-0.3, -0.25) is 0 Å². The number of amides is 4. The number of hydrogen-bond donors (Lipinski definition) is 1. The quantitative estimate of drug-likeness (QED) is 0.736. The Hall–Kier alpha value is -1.50. The summed E-state index contributed by atoms with van der Waals surface area (Å²) in [5, 5.41) is 3.02. The minimum Gasteiger partial charge on any atom is -0.338 e. The van der Waals surface area contributed by atoms with Gasteiger partial charge >= 0.3 is 12.1 Å². The van der Waals surface area contributed by atoms with Gasteiger partial charge in [0, 0.05) is 46.8 Å². The highest BCUT2D eigenvalue weighted by Crippen LogP contribution is 2.18. The Morgan fingerprint density at radius 2 is 1.81 bits per heavy atom. The maximum absolute atomic E-state index is 12.7. The van der Waals surface area contributed by atoms with Crippen LogP contribution < -0.4 is 5.32 Å². The molecule has 2 rings (SSSR count). The van der Waals surface area contributed by atoms with E-state index in [0.717, 1.165) is 45.6 Å². The number of urea groups is 2. The summed E-state index contributed by atoms with van der Waals surface area (Å²) in [6, 6.07) is 0.172. The lowest BCUT2D eigenvalue weighted by molar-refractivity contribution is 0.132. The normalized spacial score (nSPS) is 20.8. The summed E-state index contributed by atoms with van der Waals surface area (Å²) in [7, 11) is 3.61. The Morgan fingerprint density at radius 1 is 1.11 bits per heavy atom. The third-order valence-electron chi connectivity index (χ3n) is 5.62. The fourth-order valence-corrected chi connectivity index (χ4v) is 3.88. The van der Waals surface area contributed by atoms with Crippen molar-refractivity contribution in [3.8, 4) is 0 Å². The van der Waals surface area contributed by atoms with Crippen molar-refractivity contribution in [2.24, 2.45) is 5.92 Å². The molecule has 156 valence electrons. The van der Waals surface area contributed by atoms with E-state index in [4.69, 9.17) is 0 Å². The Labute approximate surface area is 165 Å². The summed E-state index contributed by atoms with van der Waals surface area (Å²) in [6.07, 6.45) is 5.69. The number of piperidine rings is 1. The van der Waals surface area contributed by atoms with Crippen LogP contribution in [0.15, 0.2) is 0 Å². The Kier molecular flexibility index (Phi) is 8.67. The van der Waals surface area contributed by atoms with E-state index in [1.807, 2.05) is 23.9 Å². The molecule has 7 heteroatoms. The van der Waals surface area contributed by atoms with Gasteiger partial charge in [0.15, 0.2) is 0 Å². The molecule has 1 N–H and O–H groups in total. The Morgan fingerprint density at radius 3 is 2.44 bits per heavy atom. The Balaban J connectivity index is 1.87. The third-order valence-corrected chi connectivity index (χ3v) is 5.62. The van der Waals surface area contributed by atoms with Crippen LogP contribution in [0.25, 0.3) is 0 Å². The third kappa shape index (κ3) is 6.87. The molecule has 0 aromatic carbocycles. The van der Waals surface area contributed by atoms with Crippen LogP contribution >= 0.6 is 0 Å². The SMILES string of the molecule is CC(C)CCNC(=O)N1CCC(N(CCN2CCCCC2)C(=O)N(C)C)C1. The highest BCUT2D eigenvalue weighted by atomic mass is 16.2. The van der Waals surface area contributed by atoms with Gasteiger partial charge in [-0.15, -0.1) is 0 Å². The van der Waals surface area contributed by atoms with Crippen molar-refractivity contribution in [2.75, 3.05) is 59.9 Å². The summed E-state index contributed by atoms with van der Waals surface area (Å²) >= 11 is 0. The number of nitrogens with zero attached hydrogens (tertiary/aromatic N) is 4. The lowest BCUT2D eigenvalue weighted by Gasteiger charge is -2.34. The van der Waals surface area contributed by atoms with Crippen LogP contribution in [0.2, 0.25) is 0 Å². The number of likely N-dealkylation sites (tertiary alicyclic amines) is 2. The second-order valence-corrected chi connectivity index (χ2v) is 8.58. The second-order valence-electron chi connectivity index (χ2n) is 8.58. The zero-order valence-corrected chi connectivity index (χ0v) is 17.7. The molecule has 2 saturated heterocycles. The lowest BCUT2D eigenvalue weighted by Crippen LogP contribution is -2.50. The molecule has 1 unspecified atom stereocenters. The molecule has 2 fully saturated rings. The molecule has 0 aliphatic carbocycles. The standard InChI is InChI=1S/C20H39N5O2/c1-17(2)8-10-21-19(26)24-13-9-18(16-24)25(20(27)22(3)4)15-14-23-11-6-5-7-12-23/h17-18H,5-16H2,1-4H3,(H,21,26). The number of hydrogen-bond acceptors (Lipinski definition) is 3. The first-order valence-electron chi connectivity index (χ1n) is 10.6. The summed E-state index contributed by atoms with van der Waals surface area (Å²) in [4.78, 5) is 33.1. The van der Waals surface area contributed by atoms with Crippen LogP contribution in [0.5, 0.6) is 0 Å². The van der Waals surface area contributed by atoms with E-state index in [2.05, 4.69) is 24.1 Å². The topological polar surface area (TPSA) is 59.1 Å². The molecule has 0 saturated carbocycles. The molecule has 4 amide bonds. The second kappa shape index (κ2) is 10.7. The molecule has 0 bridgehead atoms. The van der Waals surface area contributed by atoms with Gasteiger partial charge in [0.2, 0.25) is 0 Å². The fourth-order valence-electron chi connectivity index (χ4n) is 3.88. The molecule has 2 heterocycles. The summed E-state index contributed by atoms with van der Waals surface area (Å²) in [5.74, 6) is 0.583. The average Bonchev–Trinajstić information content (AvgIpc) is 3.12. The first-order valence-corrected chi connectivity index (χ1v) is 10.6. The van der Waals surface area contributed by atoms with Gasteiger partial charge in [-0.25, -0.2) is 9.59 Å². The van der Waals surface area contributed by atoms with E-state index >= 15 is 0 Å². The van der Waals surface area contributed by atoms with Gasteiger partial charge in [-0.1, -0.05) is 20.3 Å². The maximum atomic E-state index is 12.7. The molecule has 1 atom stereocenters. The van der Waals surface area contributed by atoms with Crippen molar-refractivity contribution in [1.82, 2.24) is 24.9 Å². The molecular formula is C20H39N5O2. The molecule has 2 aliphatic rings. The van der Waals surface area contributed by atoms with E-state index in [1.165, 1.54) is 19.3 Å². The van der Waals surface area contributed by atoms with Gasteiger partial charge in [0.1, 0.15) is 0 Å². The van der Waals surface area contributed by atoms with Crippen molar-refractivity contribution in [3.63, 3.8) is 0 Å². The highest BCUT2D eigenvalue weighted by molar-refractivity contribution is 5.76. The van der Waals surface area contributed by atoms with Crippen molar-refractivity contribution >= 4 is 12.1 Å². The van der Waals surface area contributed by atoms with Crippen LogP contribution in [0.1, 0.15) is 46.0 Å². The molecule has 0 aromatic heterocycles. The maximum Gasteiger partial charge on any atom is 0.319 e. The molecule has 0 spiro atoms. The summed E-state index contributed by atoms with van der Waals surface area (Å²) in [6.45, 7) is 10.3. The van der Waals surface area contributed by atoms with Crippen LogP contribution in [0, 0.1) is 5.92 Å². The monoisotopic (exact) mass is 381 g/mol. The van der Waals surface area contributed by atoms with Crippen LogP contribution in [-0.4, -0.2) is 97.6 Å². The largest absolute Gasteiger partial charge is 0.338 e. The highest BCUT2D eigenvalue weighted by Gasteiger charge is 2.33. The predicted octanol–water partition coefficient (Wildman–Crippen LogP) is 2.29. The molecule has 0 aromatic rings. The first-order chi connectivity index (χ1) is 12.9. The summed E-state index contributed by atoms with van der Waals surface area (Å²) in [5.41, 5.74) is 0. The van der Waals surface area contributed by atoms with Crippen LogP contribution in [-0.2, 0) is 0 Å². The van der Waals surface area contributed by atoms with Gasteiger partial charge in [0.25, 0.3) is 0 Å². The van der Waals surface area contributed by atoms with Crippen LogP contribution in [0.4, 0.5) is 9.59 Å². The number of carbonyl (C=O) groups excluding carboxylic acids is 2. The van der Waals surface area contributed by atoms with E-state index < -0.39 is 0 Å². The van der Waals surface area contributed by atoms with E-state index in [-0.39, 0.29) is 18.1 Å². The lowest BCUT2D eigenvalue weighted by atomic mass is 10.1. The number of nitrogens with one attached hydrogen (secondary N) is 1. The fraction of sp³-hybridized carbons (Fsp3) is 0.900. The van der Waals surface area contributed by atoms with Crippen LogP contribution in [0.3, 0.4) is 0 Å². The molecule has 0 radical (unpaired) electrons. The molecular weight excluding hydrogens is 342 g/mol.